The molecule has 7 nitrogen and oxygen atoms in total. The average molecular weight is 490 g/mol. The van der Waals surface area contributed by atoms with Crippen LogP contribution in [0.2, 0.25) is 0 Å². The van der Waals surface area contributed by atoms with Crippen molar-refractivity contribution in [1.29, 1.82) is 5.26 Å². The maximum Gasteiger partial charge on any atom is 0.418 e. The van der Waals surface area contributed by atoms with Crippen molar-refractivity contribution in [3.8, 4) is 28.7 Å². The molecule has 0 aliphatic heterocycles. The van der Waals surface area contributed by atoms with Gasteiger partial charge in [0.15, 0.2) is 0 Å². The molecule has 0 unspecified atom stereocenters. The molecule has 0 saturated heterocycles. The predicted molar refractivity (Wildman–Crippen MR) is 131 cm³/mol. The molecule has 0 aliphatic carbocycles. The van der Waals surface area contributed by atoms with Crippen LogP contribution in [0, 0.1) is 11.3 Å². The van der Waals surface area contributed by atoms with Crippen molar-refractivity contribution in [1.82, 2.24) is 23.9 Å². The molecule has 3 heterocycles. The first kappa shape index (κ1) is 23.2. The average Bonchev–Trinajstić information content (AvgIpc) is 3.56. The van der Waals surface area contributed by atoms with Gasteiger partial charge in [-0.3, -0.25) is 4.68 Å². The Morgan fingerprint density at radius 2 is 1.86 bits per heavy atom. The van der Waals surface area contributed by atoms with Crippen LogP contribution >= 0.6 is 0 Å². The predicted octanol–water partition coefficient (Wildman–Crippen LogP) is 5.93. The van der Waals surface area contributed by atoms with Gasteiger partial charge in [0, 0.05) is 42.6 Å². The van der Waals surface area contributed by atoms with E-state index in [0.717, 1.165) is 11.8 Å². The lowest BCUT2D eigenvalue weighted by Crippen LogP contribution is -2.12. The lowest BCUT2D eigenvalue weighted by atomic mass is 10.1. The molecule has 0 aliphatic rings. The molecule has 0 radical (unpaired) electrons. The van der Waals surface area contributed by atoms with E-state index >= 15 is 0 Å². The van der Waals surface area contributed by atoms with E-state index < -0.39 is 11.7 Å². The summed E-state index contributed by atoms with van der Waals surface area (Å²) in [5.74, 6) is 0. The number of fused-ring (bicyclic) bond motifs is 1. The van der Waals surface area contributed by atoms with Gasteiger partial charge in [-0.05, 0) is 44.2 Å². The number of imidazole rings is 1. The SMILES string of the molecule is CC(C)Nc1cc(C#N)ccc1-n1cc(C(F)(F)F)c2c(-n3cnc(-c4cnn(C)c4)c3)cccc21. The maximum atomic E-state index is 14.3. The van der Waals surface area contributed by atoms with Crippen molar-refractivity contribution in [3.63, 3.8) is 0 Å². The number of aromatic nitrogens is 5. The number of alkyl halides is 3. The zero-order chi connectivity index (χ0) is 25.6. The zero-order valence-electron chi connectivity index (χ0n) is 19.7. The number of benzene rings is 2. The standard InChI is InChI=1S/C26H22F3N7/c1-16(2)33-20-9-17(10-30)7-8-22(20)36-13-19(26(27,28)29)25-23(5-4-6-24(25)36)35-14-21(31-15-35)18-11-32-34(3)12-18/h4-9,11-16,33H,1-3H3. The first-order valence-electron chi connectivity index (χ1n) is 11.2. The summed E-state index contributed by atoms with van der Waals surface area (Å²) in [6.45, 7) is 3.85. The van der Waals surface area contributed by atoms with Crippen molar-refractivity contribution < 1.29 is 13.2 Å². The van der Waals surface area contributed by atoms with Gasteiger partial charge in [-0.15, -0.1) is 0 Å². The van der Waals surface area contributed by atoms with Crippen LogP contribution in [-0.4, -0.2) is 29.9 Å². The number of rotatable bonds is 5. The number of hydrogen-bond donors (Lipinski definition) is 1. The molecule has 10 heteroatoms. The number of nitriles is 1. The second-order valence-corrected chi connectivity index (χ2v) is 8.79. The molecule has 1 N–H and O–H groups in total. The van der Waals surface area contributed by atoms with E-state index in [2.05, 4.69) is 21.5 Å². The van der Waals surface area contributed by atoms with Gasteiger partial charge in [0.25, 0.3) is 0 Å². The Bertz CT molecular complexity index is 1610. The largest absolute Gasteiger partial charge is 0.418 e. The molecule has 0 bridgehead atoms. The molecule has 2 aromatic carbocycles. The lowest BCUT2D eigenvalue weighted by Gasteiger charge is -2.17. The minimum atomic E-state index is -4.59. The van der Waals surface area contributed by atoms with Gasteiger partial charge < -0.3 is 14.5 Å². The normalized spacial score (nSPS) is 11.8. The second kappa shape index (κ2) is 8.61. The van der Waals surface area contributed by atoms with Crippen molar-refractivity contribution in [2.45, 2.75) is 26.1 Å². The van der Waals surface area contributed by atoms with Crippen LogP contribution < -0.4 is 5.32 Å². The molecule has 0 saturated carbocycles. The van der Waals surface area contributed by atoms with E-state index in [1.807, 2.05) is 13.8 Å². The second-order valence-electron chi connectivity index (χ2n) is 8.79. The number of nitrogens with one attached hydrogen (secondary N) is 1. The summed E-state index contributed by atoms with van der Waals surface area (Å²) < 4.78 is 47.8. The van der Waals surface area contributed by atoms with Gasteiger partial charge in [-0.1, -0.05) is 6.07 Å². The molecule has 5 rings (SSSR count). The third-order valence-electron chi connectivity index (χ3n) is 5.80. The highest BCUT2D eigenvalue weighted by Gasteiger charge is 2.36. The van der Waals surface area contributed by atoms with E-state index in [1.54, 1.807) is 71.3 Å². The van der Waals surface area contributed by atoms with Crippen molar-refractivity contribution in [2.24, 2.45) is 7.05 Å². The molecule has 0 atom stereocenters. The van der Waals surface area contributed by atoms with Crippen LogP contribution in [-0.2, 0) is 13.2 Å². The number of hydrogen-bond acceptors (Lipinski definition) is 4. The fraction of sp³-hybridized carbons (Fsp3) is 0.192. The summed E-state index contributed by atoms with van der Waals surface area (Å²) in [5.41, 5.74) is 2.84. The van der Waals surface area contributed by atoms with Crippen LogP contribution in [0.15, 0.2) is 67.5 Å². The Morgan fingerprint density at radius 3 is 2.53 bits per heavy atom. The Kier molecular flexibility index (Phi) is 5.55. The first-order chi connectivity index (χ1) is 17.2. The molecule has 182 valence electrons. The monoisotopic (exact) mass is 489 g/mol. The fourth-order valence-corrected chi connectivity index (χ4v) is 4.30. The summed E-state index contributed by atoms with van der Waals surface area (Å²) in [4.78, 5) is 4.39. The smallest absolute Gasteiger partial charge is 0.381 e. The van der Waals surface area contributed by atoms with Gasteiger partial charge in [0.05, 0.1) is 58.0 Å². The summed E-state index contributed by atoms with van der Waals surface area (Å²) in [5, 5.41) is 16.8. The minimum Gasteiger partial charge on any atom is -0.381 e. The Labute approximate surface area is 205 Å². The third-order valence-corrected chi connectivity index (χ3v) is 5.80. The topological polar surface area (TPSA) is 76.4 Å². The van der Waals surface area contributed by atoms with Crippen LogP contribution in [0.4, 0.5) is 18.9 Å². The molecular weight excluding hydrogens is 467 g/mol. The lowest BCUT2D eigenvalue weighted by molar-refractivity contribution is -0.136. The highest BCUT2D eigenvalue weighted by atomic mass is 19.4. The third kappa shape index (κ3) is 4.09. The van der Waals surface area contributed by atoms with Crippen LogP contribution in [0.1, 0.15) is 25.0 Å². The van der Waals surface area contributed by atoms with Crippen molar-refractivity contribution in [3.05, 3.63) is 78.6 Å². The minimum absolute atomic E-state index is 0.00835. The number of aryl methyl sites for hydroxylation is 1. The van der Waals surface area contributed by atoms with Gasteiger partial charge in [-0.25, -0.2) is 4.98 Å². The molecule has 0 amide bonds. The van der Waals surface area contributed by atoms with E-state index in [1.165, 1.54) is 10.9 Å². The molecule has 36 heavy (non-hydrogen) atoms. The first-order valence-corrected chi connectivity index (χ1v) is 11.2. The molecule has 0 spiro atoms. The van der Waals surface area contributed by atoms with Crippen molar-refractivity contribution >= 4 is 16.6 Å². The number of nitrogens with zero attached hydrogens (tertiary/aromatic N) is 6. The summed E-state index contributed by atoms with van der Waals surface area (Å²) in [6, 6.07) is 12.0. The van der Waals surface area contributed by atoms with Crippen molar-refractivity contribution in [2.75, 3.05) is 5.32 Å². The Hall–Kier alpha value is -4.52. The van der Waals surface area contributed by atoms with E-state index in [4.69, 9.17) is 0 Å². The van der Waals surface area contributed by atoms with Crippen LogP contribution in [0.3, 0.4) is 0 Å². The van der Waals surface area contributed by atoms with E-state index in [-0.39, 0.29) is 11.4 Å². The fourth-order valence-electron chi connectivity index (χ4n) is 4.30. The number of anilines is 1. The maximum absolute atomic E-state index is 14.3. The quantitative estimate of drug-likeness (QED) is 0.332. The summed E-state index contributed by atoms with van der Waals surface area (Å²) in [6.07, 6.45) is 3.15. The molecule has 5 aromatic rings. The highest BCUT2D eigenvalue weighted by Crippen LogP contribution is 2.41. The molecule has 3 aromatic heterocycles. The van der Waals surface area contributed by atoms with Gasteiger partial charge >= 0.3 is 6.18 Å². The van der Waals surface area contributed by atoms with Crippen LogP contribution in [0.25, 0.3) is 33.5 Å². The summed E-state index contributed by atoms with van der Waals surface area (Å²) >= 11 is 0. The zero-order valence-corrected chi connectivity index (χ0v) is 19.7. The highest BCUT2D eigenvalue weighted by molar-refractivity contribution is 5.94. The Morgan fingerprint density at radius 1 is 1.06 bits per heavy atom. The van der Waals surface area contributed by atoms with Gasteiger partial charge in [0.1, 0.15) is 0 Å². The van der Waals surface area contributed by atoms with E-state index in [9.17, 15) is 18.4 Å². The van der Waals surface area contributed by atoms with Crippen LogP contribution in [0.5, 0.6) is 0 Å². The molecule has 0 fully saturated rings. The van der Waals surface area contributed by atoms with Gasteiger partial charge in [0.2, 0.25) is 0 Å². The Balaban J connectivity index is 1.74. The number of halogens is 3. The van der Waals surface area contributed by atoms with Gasteiger partial charge in [-0.2, -0.15) is 23.5 Å². The summed E-state index contributed by atoms with van der Waals surface area (Å²) in [7, 11) is 1.78. The molecular formula is C26H22F3N7. The van der Waals surface area contributed by atoms with E-state index in [0.29, 0.717) is 33.8 Å².